The Bertz CT molecular complexity index is 508. The second-order valence-corrected chi connectivity index (χ2v) is 7.16. The molecular formula is C18H30N4O2. The number of nitrogens with one attached hydrogen (secondary N) is 2. The molecule has 0 saturated carbocycles. The number of carbonyl (C=O) groups is 1. The molecule has 1 aromatic carbocycles. The Morgan fingerprint density at radius 1 is 1.21 bits per heavy atom. The minimum atomic E-state index is -0.894. The Balaban J connectivity index is 1.68. The van der Waals surface area contributed by atoms with Crippen LogP contribution in [0.1, 0.15) is 20.8 Å². The number of para-hydroxylation sites is 1. The lowest BCUT2D eigenvalue weighted by atomic mass is 10.1. The first kappa shape index (κ1) is 18.5. The maximum Gasteiger partial charge on any atom is 0.315 e. The van der Waals surface area contributed by atoms with Crippen LogP contribution >= 0.6 is 0 Å². The molecule has 0 spiro atoms. The summed E-state index contributed by atoms with van der Waals surface area (Å²) in [5.74, 6) is 0. The van der Waals surface area contributed by atoms with Crippen LogP contribution in [0, 0.1) is 0 Å². The third-order valence-corrected chi connectivity index (χ3v) is 4.08. The Morgan fingerprint density at radius 2 is 1.83 bits per heavy atom. The predicted molar refractivity (Wildman–Crippen MR) is 97.4 cm³/mol. The third kappa shape index (κ3) is 6.37. The molecule has 1 aliphatic rings. The minimum Gasteiger partial charge on any atom is -0.389 e. The number of nitrogens with zero attached hydrogens (tertiary/aromatic N) is 2. The van der Waals surface area contributed by atoms with Crippen LogP contribution in [0.4, 0.5) is 10.5 Å². The summed E-state index contributed by atoms with van der Waals surface area (Å²) in [5.41, 5.74) is 0.378. The van der Waals surface area contributed by atoms with E-state index in [1.54, 1.807) is 13.8 Å². The van der Waals surface area contributed by atoms with Crippen LogP contribution in [-0.2, 0) is 0 Å². The molecule has 1 fully saturated rings. The van der Waals surface area contributed by atoms with Crippen molar-refractivity contribution in [2.75, 3.05) is 44.2 Å². The van der Waals surface area contributed by atoms with Gasteiger partial charge < -0.3 is 20.6 Å². The number of anilines is 1. The number of hydrogen-bond donors (Lipinski definition) is 3. The SMILES string of the molecule is CC(CN1CCN(c2ccccc2)CC1)NC(=O)NCC(C)(C)O. The van der Waals surface area contributed by atoms with Gasteiger partial charge in [0.2, 0.25) is 0 Å². The first-order valence-corrected chi connectivity index (χ1v) is 8.62. The molecule has 0 aliphatic carbocycles. The van der Waals surface area contributed by atoms with Gasteiger partial charge in [-0.15, -0.1) is 0 Å². The van der Waals surface area contributed by atoms with Gasteiger partial charge in [-0.1, -0.05) is 18.2 Å². The van der Waals surface area contributed by atoms with Crippen LogP contribution in [0.15, 0.2) is 30.3 Å². The molecule has 1 aliphatic heterocycles. The number of amides is 2. The van der Waals surface area contributed by atoms with Crippen LogP contribution in [0.2, 0.25) is 0 Å². The van der Waals surface area contributed by atoms with Gasteiger partial charge in [0.25, 0.3) is 0 Å². The van der Waals surface area contributed by atoms with E-state index in [1.807, 2.05) is 13.0 Å². The predicted octanol–water partition coefficient (Wildman–Crippen LogP) is 1.27. The van der Waals surface area contributed by atoms with Crippen LogP contribution < -0.4 is 15.5 Å². The monoisotopic (exact) mass is 334 g/mol. The highest BCUT2D eigenvalue weighted by atomic mass is 16.3. The van der Waals surface area contributed by atoms with E-state index in [2.05, 4.69) is 44.7 Å². The van der Waals surface area contributed by atoms with Crippen LogP contribution in [0.5, 0.6) is 0 Å². The molecule has 1 heterocycles. The Morgan fingerprint density at radius 3 is 2.42 bits per heavy atom. The molecule has 1 unspecified atom stereocenters. The number of aliphatic hydroxyl groups is 1. The van der Waals surface area contributed by atoms with E-state index in [0.717, 1.165) is 32.7 Å². The zero-order valence-electron chi connectivity index (χ0n) is 15.0. The van der Waals surface area contributed by atoms with E-state index in [-0.39, 0.29) is 18.6 Å². The molecule has 2 rings (SSSR count). The van der Waals surface area contributed by atoms with Gasteiger partial charge in [0.05, 0.1) is 5.60 Å². The number of benzene rings is 1. The topological polar surface area (TPSA) is 67.8 Å². The molecule has 6 heteroatoms. The normalized spacial score (nSPS) is 17.4. The van der Waals surface area contributed by atoms with Gasteiger partial charge in [-0.3, -0.25) is 4.90 Å². The average Bonchev–Trinajstić information content (AvgIpc) is 2.54. The summed E-state index contributed by atoms with van der Waals surface area (Å²) >= 11 is 0. The van der Waals surface area contributed by atoms with Gasteiger partial charge in [-0.05, 0) is 32.9 Å². The van der Waals surface area contributed by atoms with Crippen molar-refractivity contribution >= 4 is 11.7 Å². The van der Waals surface area contributed by atoms with Gasteiger partial charge in [0.1, 0.15) is 0 Å². The van der Waals surface area contributed by atoms with Crippen molar-refractivity contribution in [3.63, 3.8) is 0 Å². The quantitative estimate of drug-likeness (QED) is 0.733. The first-order valence-electron chi connectivity index (χ1n) is 8.62. The standard InChI is InChI=1S/C18H30N4O2/c1-15(20-17(23)19-14-18(2,3)24)13-21-9-11-22(12-10-21)16-7-5-4-6-8-16/h4-8,15,24H,9-14H2,1-3H3,(H2,19,20,23). The van der Waals surface area contributed by atoms with Crippen molar-refractivity contribution in [2.24, 2.45) is 0 Å². The van der Waals surface area contributed by atoms with E-state index >= 15 is 0 Å². The molecule has 1 aromatic rings. The number of carbonyl (C=O) groups excluding carboxylic acids is 1. The number of hydrogen-bond acceptors (Lipinski definition) is 4. The zero-order chi connectivity index (χ0) is 17.6. The summed E-state index contributed by atoms with van der Waals surface area (Å²) in [6, 6.07) is 10.3. The molecule has 24 heavy (non-hydrogen) atoms. The summed E-state index contributed by atoms with van der Waals surface area (Å²) in [5, 5.41) is 15.2. The highest BCUT2D eigenvalue weighted by molar-refractivity contribution is 5.74. The zero-order valence-corrected chi connectivity index (χ0v) is 15.0. The molecule has 1 atom stereocenters. The molecule has 6 nitrogen and oxygen atoms in total. The van der Waals surface area contributed by atoms with Crippen molar-refractivity contribution in [3.05, 3.63) is 30.3 Å². The summed E-state index contributed by atoms with van der Waals surface area (Å²) in [4.78, 5) is 16.6. The van der Waals surface area contributed by atoms with Gasteiger partial charge >= 0.3 is 6.03 Å². The number of urea groups is 1. The molecule has 3 N–H and O–H groups in total. The second-order valence-electron chi connectivity index (χ2n) is 7.16. The molecule has 134 valence electrons. The van der Waals surface area contributed by atoms with Crippen LogP contribution in [-0.4, -0.2) is 66.9 Å². The van der Waals surface area contributed by atoms with Gasteiger partial charge in [-0.25, -0.2) is 4.79 Å². The van der Waals surface area contributed by atoms with E-state index < -0.39 is 5.60 Å². The molecule has 0 bridgehead atoms. The van der Waals surface area contributed by atoms with E-state index in [4.69, 9.17) is 0 Å². The summed E-state index contributed by atoms with van der Waals surface area (Å²) in [6.45, 7) is 10.4. The van der Waals surface area contributed by atoms with Crippen molar-refractivity contribution in [3.8, 4) is 0 Å². The van der Waals surface area contributed by atoms with Gasteiger partial charge in [-0.2, -0.15) is 0 Å². The Kier molecular flexibility index (Phi) is 6.45. The number of piperazine rings is 1. The second kappa shape index (κ2) is 8.35. The van der Waals surface area contributed by atoms with Crippen molar-refractivity contribution < 1.29 is 9.90 Å². The largest absolute Gasteiger partial charge is 0.389 e. The van der Waals surface area contributed by atoms with Crippen molar-refractivity contribution in [1.82, 2.24) is 15.5 Å². The average molecular weight is 334 g/mol. The van der Waals surface area contributed by atoms with E-state index in [0.29, 0.717) is 0 Å². The maximum atomic E-state index is 11.8. The van der Waals surface area contributed by atoms with Gasteiger partial charge in [0, 0.05) is 51.0 Å². The lowest BCUT2D eigenvalue weighted by molar-refractivity contribution is 0.0817. The fourth-order valence-corrected chi connectivity index (χ4v) is 2.83. The smallest absolute Gasteiger partial charge is 0.315 e. The van der Waals surface area contributed by atoms with Crippen molar-refractivity contribution in [2.45, 2.75) is 32.4 Å². The summed E-state index contributed by atoms with van der Waals surface area (Å²) < 4.78 is 0. The summed E-state index contributed by atoms with van der Waals surface area (Å²) in [7, 11) is 0. The minimum absolute atomic E-state index is 0.0649. The Hall–Kier alpha value is -1.79. The molecule has 1 saturated heterocycles. The van der Waals surface area contributed by atoms with E-state index in [1.165, 1.54) is 5.69 Å². The van der Waals surface area contributed by atoms with Gasteiger partial charge in [0.15, 0.2) is 0 Å². The van der Waals surface area contributed by atoms with Crippen LogP contribution in [0.3, 0.4) is 0 Å². The highest BCUT2D eigenvalue weighted by Gasteiger charge is 2.20. The molecule has 2 amide bonds. The van der Waals surface area contributed by atoms with Crippen LogP contribution in [0.25, 0.3) is 0 Å². The lowest BCUT2D eigenvalue weighted by Crippen LogP contribution is -2.52. The first-order chi connectivity index (χ1) is 11.3. The maximum absolute atomic E-state index is 11.8. The Labute approximate surface area is 144 Å². The lowest BCUT2D eigenvalue weighted by Gasteiger charge is -2.37. The molecule has 0 radical (unpaired) electrons. The number of rotatable bonds is 6. The molecule has 0 aromatic heterocycles. The van der Waals surface area contributed by atoms with Crippen molar-refractivity contribution in [1.29, 1.82) is 0 Å². The summed E-state index contributed by atoms with van der Waals surface area (Å²) in [6.07, 6.45) is 0. The third-order valence-electron chi connectivity index (χ3n) is 4.08. The fraction of sp³-hybridized carbons (Fsp3) is 0.611. The fourth-order valence-electron chi connectivity index (χ4n) is 2.83. The van der Waals surface area contributed by atoms with E-state index in [9.17, 15) is 9.90 Å². The highest BCUT2D eigenvalue weighted by Crippen LogP contribution is 2.15. The molecular weight excluding hydrogens is 304 g/mol.